The molecule has 7 heteroatoms. The van der Waals surface area contributed by atoms with Gasteiger partial charge < -0.3 is 20.5 Å². The van der Waals surface area contributed by atoms with Crippen LogP contribution in [0.2, 0.25) is 10.0 Å². The SMILES string of the molecule is Oc1ccccc1C(NCCNc1cccc(Cl)c1Cl)c1ccc(OCc2ccccc2)c(F)c1. The summed E-state index contributed by atoms with van der Waals surface area (Å²) in [5, 5.41) is 18.0. The van der Waals surface area contributed by atoms with Gasteiger partial charge in [-0.3, -0.25) is 0 Å². The van der Waals surface area contributed by atoms with Gasteiger partial charge in [-0.25, -0.2) is 4.39 Å². The van der Waals surface area contributed by atoms with Gasteiger partial charge in [-0.05, 0) is 41.5 Å². The normalized spacial score (nSPS) is 11.7. The Morgan fingerprint density at radius 3 is 2.40 bits per heavy atom. The smallest absolute Gasteiger partial charge is 0.165 e. The molecule has 4 aromatic rings. The average molecular weight is 511 g/mol. The molecule has 0 spiro atoms. The van der Waals surface area contributed by atoms with Crippen molar-refractivity contribution in [3.63, 3.8) is 0 Å². The van der Waals surface area contributed by atoms with E-state index in [-0.39, 0.29) is 18.1 Å². The summed E-state index contributed by atoms with van der Waals surface area (Å²) < 4.78 is 20.6. The van der Waals surface area contributed by atoms with E-state index in [1.807, 2.05) is 54.6 Å². The number of phenolic OH excluding ortho intramolecular Hbond substituents is 1. The van der Waals surface area contributed by atoms with Crippen LogP contribution in [-0.2, 0) is 6.61 Å². The maximum Gasteiger partial charge on any atom is 0.165 e. The highest BCUT2D eigenvalue weighted by Gasteiger charge is 2.19. The minimum absolute atomic E-state index is 0.126. The lowest BCUT2D eigenvalue weighted by molar-refractivity contribution is 0.290. The summed E-state index contributed by atoms with van der Waals surface area (Å²) >= 11 is 12.3. The Labute approximate surface area is 214 Å². The summed E-state index contributed by atoms with van der Waals surface area (Å²) in [6, 6.07) is 26.4. The van der Waals surface area contributed by atoms with Crippen LogP contribution in [0.3, 0.4) is 0 Å². The maximum atomic E-state index is 15.0. The van der Waals surface area contributed by atoms with Crippen molar-refractivity contribution >= 4 is 28.9 Å². The topological polar surface area (TPSA) is 53.5 Å². The molecule has 3 N–H and O–H groups in total. The zero-order chi connectivity index (χ0) is 24.6. The number of para-hydroxylation sites is 1. The number of hydrogen-bond donors (Lipinski definition) is 3. The van der Waals surface area contributed by atoms with Gasteiger partial charge in [0.2, 0.25) is 0 Å². The lowest BCUT2D eigenvalue weighted by atomic mass is 9.97. The second-order valence-corrected chi connectivity index (χ2v) is 8.72. The van der Waals surface area contributed by atoms with Crippen molar-refractivity contribution in [1.82, 2.24) is 5.32 Å². The molecule has 0 amide bonds. The van der Waals surface area contributed by atoms with Crippen molar-refractivity contribution in [2.75, 3.05) is 18.4 Å². The molecule has 35 heavy (non-hydrogen) atoms. The Morgan fingerprint density at radius 1 is 0.857 bits per heavy atom. The third-order valence-corrected chi connectivity index (χ3v) is 6.33. The van der Waals surface area contributed by atoms with Crippen LogP contribution in [0, 0.1) is 5.82 Å². The number of rotatable bonds is 10. The van der Waals surface area contributed by atoms with Gasteiger partial charge in [0.15, 0.2) is 11.6 Å². The highest BCUT2D eigenvalue weighted by Crippen LogP contribution is 2.32. The van der Waals surface area contributed by atoms with Gasteiger partial charge in [-0.15, -0.1) is 0 Å². The minimum atomic E-state index is -0.468. The predicted octanol–water partition coefficient (Wildman–Crippen LogP) is 7.21. The lowest BCUT2D eigenvalue weighted by Crippen LogP contribution is -2.28. The van der Waals surface area contributed by atoms with Crippen molar-refractivity contribution < 1.29 is 14.2 Å². The van der Waals surface area contributed by atoms with Crippen molar-refractivity contribution in [3.05, 3.63) is 124 Å². The molecule has 1 atom stereocenters. The molecule has 0 saturated heterocycles. The van der Waals surface area contributed by atoms with Crippen LogP contribution < -0.4 is 15.4 Å². The van der Waals surface area contributed by atoms with E-state index in [0.29, 0.717) is 34.3 Å². The van der Waals surface area contributed by atoms with Crippen LogP contribution in [0.1, 0.15) is 22.7 Å². The van der Waals surface area contributed by atoms with Gasteiger partial charge in [0.25, 0.3) is 0 Å². The number of halogens is 3. The number of aromatic hydroxyl groups is 1. The van der Waals surface area contributed by atoms with Gasteiger partial charge in [-0.1, -0.05) is 83.9 Å². The van der Waals surface area contributed by atoms with Gasteiger partial charge in [-0.2, -0.15) is 0 Å². The summed E-state index contributed by atoms with van der Waals surface area (Å²) in [6.07, 6.45) is 0. The molecule has 180 valence electrons. The molecule has 0 aliphatic rings. The predicted molar refractivity (Wildman–Crippen MR) is 140 cm³/mol. The number of benzene rings is 4. The Hall–Kier alpha value is -3.25. The Morgan fingerprint density at radius 2 is 1.63 bits per heavy atom. The first kappa shape index (κ1) is 24.9. The molecular weight excluding hydrogens is 486 g/mol. The molecule has 0 aliphatic heterocycles. The molecule has 0 aliphatic carbocycles. The molecular formula is C28H25Cl2FN2O2. The second-order valence-electron chi connectivity index (χ2n) is 7.94. The number of ether oxygens (including phenoxy) is 1. The highest BCUT2D eigenvalue weighted by molar-refractivity contribution is 6.43. The van der Waals surface area contributed by atoms with Crippen LogP contribution >= 0.6 is 23.2 Å². The van der Waals surface area contributed by atoms with Crippen LogP contribution in [-0.4, -0.2) is 18.2 Å². The van der Waals surface area contributed by atoms with Crippen molar-refractivity contribution in [1.29, 1.82) is 0 Å². The molecule has 0 fully saturated rings. The zero-order valence-corrected chi connectivity index (χ0v) is 20.4. The van der Waals surface area contributed by atoms with Gasteiger partial charge >= 0.3 is 0 Å². The Kier molecular flexibility index (Phi) is 8.48. The molecule has 0 bridgehead atoms. The summed E-state index contributed by atoms with van der Waals surface area (Å²) in [7, 11) is 0. The van der Waals surface area contributed by atoms with Crippen molar-refractivity contribution in [2.24, 2.45) is 0 Å². The molecule has 4 rings (SSSR count). The number of anilines is 1. The van der Waals surface area contributed by atoms with Crippen LogP contribution in [0.15, 0.2) is 91.0 Å². The van der Waals surface area contributed by atoms with Crippen LogP contribution in [0.5, 0.6) is 11.5 Å². The summed E-state index contributed by atoms with van der Waals surface area (Å²) in [5.74, 6) is -0.170. The van der Waals surface area contributed by atoms with Crippen LogP contribution in [0.25, 0.3) is 0 Å². The standard InChI is InChI=1S/C28H25Cl2FN2O2/c29-22-10-6-11-24(27(22)30)32-15-16-33-28(21-9-4-5-12-25(21)34)20-13-14-26(23(31)17-20)35-18-19-7-2-1-3-8-19/h1-14,17,28,32-34H,15-16,18H2. The third kappa shape index (κ3) is 6.45. The molecule has 1 unspecified atom stereocenters. The Bertz CT molecular complexity index is 1270. The van der Waals surface area contributed by atoms with Crippen molar-refractivity contribution in [2.45, 2.75) is 12.6 Å². The molecule has 4 nitrogen and oxygen atoms in total. The van der Waals surface area contributed by atoms with E-state index in [1.54, 1.807) is 30.3 Å². The fourth-order valence-electron chi connectivity index (χ4n) is 3.74. The first-order valence-electron chi connectivity index (χ1n) is 11.2. The fraction of sp³-hybridized carbons (Fsp3) is 0.143. The van der Waals surface area contributed by atoms with Gasteiger partial charge in [0, 0.05) is 18.7 Å². The minimum Gasteiger partial charge on any atom is -0.508 e. The molecule has 4 aromatic carbocycles. The highest BCUT2D eigenvalue weighted by atomic mass is 35.5. The van der Waals surface area contributed by atoms with Gasteiger partial charge in [0.1, 0.15) is 12.4 Å². The van der Waals surface area contributed by atoms with E-state index in [4.69, 9.17) is 27.9 Å². The van der Waals surface area contributed by atoms with Crippen LogP contribution in [0.4, 0.5) is 10.1 Å². The molecule has 0 aromatic heterocycles. The van der Waals surface area contributed by atoms with E-state index in [2.05, 4.69) is 10.6 Å². The van der Waals surface area contributed by atoms with E-state index in [9.17, 15) is 9.50 Å². The first-order chi connectivity index (χ1) is 17.0. The summed E-state index contributed by atoms with van der Waals surface area (Å²) in [4.78, 5) is 0. The number of phenols is 1. The summed E-state index contributed by atoms with van der Waals surface area (Å²) in [6.45, 7) is 1.32. The zero-order valence-electron chi connectivity index (χ0n) is 18.8. The largest absolute Gasteiger partial charge is 0.508 e. The van der Waals surface area contributed by atoms with E-state index in [1.165, 1.54) is 6.07 Å². The van der Waals surface area contributed by atoms with E-state index >= 15 is 0 Å². The quantitative estimate of drug-likeness (QED) is 0.197. The monoisotopic (exact) mass is 510 g/mol. The molecule has 0 radical (unpaired) electrons. The third-order valence-electron chi connectivity index (χ3n) is 5.51. The number of hydrogen-bond acceptors (Lipinski definition) is 4. The molecule has 0 saturated carbocycles. The van der Waals surface area contributed by atoms with E-state index in [0.717, 1.165) is 11.3 Å². The Balaban J connectivity index is 1.48. The second kappa shape index (κ2) is 11.9. The maximum absolute atomic E-state index is 15.0. The first-order valence-corrected chi connectivity index (χ1v) is 11.9. The van der Waals surface area contributed by atoms with E-state index < -0.39 is 11.9 Å². The lowest BCUT2D eigenvalue weighted by Gasteiger charge is -2.22. The summed E-state index contributed by atoms with van der Waals surface area (Å²) in [5.41, 5.74) is 2.99. The number of nitrogens with one attached hydrogen (secondary N) is 2. The van der Waals surface area contributed by atoms with Gasteiger partial charge in [0.05, 0.1) is 21.8 Å². The average Bonchev–Trinajstić information content (AvgIpc) is 2.87. The fourth-order valence-corrected chi connectivity index (χ4v) is 4.11. The van der Waals surface area contributed by atoms with Crippen molar-refractivity contribution in [3.8, 4) is 11.5 Å². The molecule has 0 heterocycles.